The van der Waals surface area contributed by atoms with Crippen LogP contribution in [0.1, 0.15) is 31.2 Å². The Bertz CT molecular complexity index is 422. The SMILES string of the molecule is Clc1cc(Br)ccc1CC1(C2CC2)CCCN1. The summed E-state index contributed by atoms with van der Waals surface area (Å²) in [4.78, 5) is 0. The van der Waals surface area contributed by atoms with Crippen molar-refractivity contribution in [2.45, 2.75) is 37.6 Å². The van der Waals surface area contributed by atoms with Crippen LogP contribution in [0.25, 0.3) is 0 Å². The van der Waals surface area contributed by atoms with Crippen molar-refractivity contribution in [3.63, 3.8) is 0 Å². The summed E-state index contributed by atoms with van der Waals surface area (Å²) in [5.41, 5.74) is 1.63. The highest BCUT2D eigenvalue weighted by Crippen LogP contribution is 2.46. The first kappa shape index (κ1) is 12.0. The predicted octanol–water partition coefficient (Wildman–Crippen LogP) is 4.18. The minimum Gasteiger partial charge on any atom is -0.311 e. The second kappa shape index (κ2) is 4.56. The summed E-state index contributed by atoms with van der Waals surface area (Å²) in [6.45, 7) is 1.17. The maximum atomic E-state index is 6.34. The summed E-state index contributed by atoms with van der Waals surface area (Å²) < 4.78 is 1.06. The third-order valence-electron chi connectivity index (χ3n) is 4.16. The molecule has 1 N–H and O–H groups in total. The molecule has 1 aliphatic heterocycles. The van der Waals surface area contributed by atoms with Crippen LogP contribution in [0.5, 0.6) is 0 Å². The zero-order valence-corrected chi connectivity index (χ0v) is 12.1. The second-order valence-corrected chi connectivity index (χ2v) is 6.70. The van der Waals surface area contributed by atoms with Gasteiger partial charge in [-0.15, -0.1) is 0 Å². The van der Waals surface area contributed by atoms with E-state index < -0.39 is 0 Å². The van der Waals surface area contributed by atoms with Crippen molar-refractivity contribution in [2.75, 3.05) is 6.54 Å². The summed E-state index contributed by atoms with van der Waals surface area (Å²) in [7, 11) is 0. The van der Waals surface area contributed by atoms with Crippen LogP contribution < -0.4 is 5.32 Å². The molecule has 1 nitrogen and oxygen atoms in total. The van der Waals surface area contributed by atoms with E-state index in [2.05, 4.69) is 33.4 Å². The van der Waals surface area contributed by atoms with Gasteiger partial charge in [0.2, 0.25) is 0 Å². The molecule has 1 aliphatic carbocycles. The summed E-state index contributed by atoms with van der Waals surface area (Å²) in [5.74, 6) is 0.879. The lowest BCUT2D eigenvalue weighted by atomic mass is 9.84. The van der Waals surface area contributed by atoms with Crippen LogP contribution in [-0.4, -0.2) is 12.1 Å². The minimum atomic E-state index is 0.345. The molecule has 3 rings (SSSR count). The zero-order valence-electron chi connectivity index (χ0n) is 9.81. The maximum Gasteiger partial charge on any atom is 0.0449 e. The van der Waals surface area contributed by atoms with E-state index in [4.69, 9.17) is 11.6 Å². The summed E-state index contributed by atoms with van der Waals surface area (Å²) in [5, 5.41) is 4.65. The molecule has 2 aliphatic rings. The third kappa shape index (κ3) is 2.40. The van der Waals surface area contributed by atoms with E-state index in [1.165, 1.54) is 37.8 Å². The molecule has 92 valence electrons. The van der Waals surface area contributed by atoms with Crippen molar-refractivity contribution >= 4 is 27.5 Å². The van der Waals surface area contributed by atoms with E-state index in [9.17, 15) is 0 Å². The third-order valence-corrected chi connectivity index (χ3v) is 5.00. The quantitative estimate of drug-likeness (QED) is 0.882. The highest BCUT2D eigenvalue weighted by atomic mass is 79.9. The van der Waals surface area contributed by atoms with Gasteiger partial charge in [-0.2, -0.15) is 0 Å². The predicted molar refractivity (Wildman–Crippen MR) is 75.5 cm³/mol. The molecule has 3 heteroatoms. The molecule has 0 spiro atoms. The normalized spacial score (nSPS) is 28.6. The second-order valence-electron chi connectivity index (χ2n) is 5.37. The van der Waals surface area contributed by atoms with E-state index in [1.54, 1.807) is 0 Å². The molecule has 1 aromatic carbocycles. The van der Waals surface area contributed by atoms with Crippen LogP contribution in [0.15, 0.2) is 22.7 Å². The van der Waals surface area contributed by atoms with Crippen LogP contribution in [0.3, 0.4) is 0 Å². The Morgan fingerprint density at radius 1 is 1.41 bits per heavy atom. The fraction of sp³-hybridized carbons (Fsp3) is 0.571. The number of benzene rings is 1. The Morgan fingerprint density at radius 3 is 2.82 bits per heavy atom. The Hall–Kier alpha value is -0.0500. The molecule has 1 unspecified atom stereocenters. The summed E-state index contributed by atoms with van der Waals surface area (Å²) >= 11 is 9.80. The van der Waals surface area contributed by atoms with E-state index in [0.29, 0.717) is 5.54 Å². The monoisotopic (exact) mass is 313 g/mol. The fourth-order valence-electron chi connectivity index (χ4n) is 3.11. The van der Waals surface area contributed by atoms with Gasteiger partial charge in [0, 0.05) is 15.0 Å². The number of rotatable bonds is 3. The Morgan fingerprint density at radius 2 is 2.24 bits per heavy atom. The Kier molecular flexibility index (Phi) is 3.22. The highest BCUT2D eigenvalue weighted by Gasteiger charge is 2.46. The smallest absolute Gasteiger partial charge is 0.0449 e. The minimum absolute atomic E-state index is 0.345. The summed E-state index contributed by atoms with van der Waals surface area (Å²) in [6.07, 6.45) is 6.49. The molecule has 1 saturated carbocycles. The molecular weight excluding hydrogens is 298 g/mol. The van der Waals surface area contributed by atoms with Crippen molar-refractivity contribution in [2.24, 2.45) is 5.92 Å². The molecular formula is C14H17BrClN. The molecule has 1 saturated heterocycles. The van der Waals surface area contributed by atoms with Crippen molar-refractivity contribution in [1.29, 1.82) is 0 Å². The van der Waals surface area contributed by atoms with Gasteiger partial charge >= 0.3 is 0 Å². The highest BCUT2D eigenvalue weighted by molar-refractivity contribution is 9.10. The van der Waals surface area contributed by atoms with Gasteiger partial charge in [0.05, 0.1) is 0 Å². The molecule has 1 heterocycles. The standard InChI is InChI=1S/C14H17BrClN/c15-12-5-2-10(13(16)8-12)9-14(11-3-4-11)6-1-7-17-14/h2,5,8,11,17H,1,3-4,6-7,9H2. The van der Waals surface area contributed by atoms with Crippen LogP contribution in [0, 0.1) is 5.92 Å². The van der Waals surface area contributed by atoms with Crippen molar-refractivity contribution in [3.8, 4) is 0 Å². The van der Waals surface area contributed by atoms with E-state index >= 15 is 0 Å². The molecule has 0 amide bonds. The maximum absolute atomic E-state index is 6.34. The molecule has 2 fully saturated rings. The van der Waals surface area contributed by atoms with E-state index in [0.717, 1.165) is 21.8 Å². The van der Waals surface area contributed by atoms with Gasteiger partial charge in [-0.05, 0) is 62.3 Å². The van der Waals surface area contributed by atoms with Gasteiger partial charge in [-0.3, -0.25) is 0 Å². The van der Waals surface area contributed by atoms with Gasteiger partial charge in [-0.25, -0.2) is 0 Å². The molecule has 17 heavy (non-hydrogen) atoms. The van der Waals surface area contributed by atoms with Gasteiger partial charge in [0.25, 0.3) is 0 Å². The fourth-order valence-corrected chi connectivity index (χ4v) is 3.85. The lowest BCUT2D eigenvalue weighted by molar-refractivity contribution is 0.323. The molecule has 0 radical (unpaired) electrons. The van der Waals surface area contributed by atoms with Gasteiger partial charge in [0.15, 0.2) is 0 Å². The van der Waals surface area contributed by atoms with Crippen molar-refractivity contribution < 1.29 is 0 Å². The topological polar surface area (TPSA) is 12.0 Å². The number of hydrogen-bond donors (Lipinski definition) is 1. The molecule has 1 atom stereocenters. The Labute approximate surface area is 116 Å². The van der Waals surface area contributed by atoms with Gasteiger partial charge < -0.3 is 5.32 Å². The van der Waals surface area contributed by atoms with E-state index in [-0.39, 0.29) is 0 Å². The molecule has 0 aromatic heterocycles. The van der Waals surface area contributed by atoms with Crippen LogP contribution in [-0.2, 0) is 6.42 Å². The lowest BCUT2D eigenvalue weighted by Gasteiger charge is -2.30. The first-order valence-corrected chi connectivity index (χ1v) is 7.56. The average molecular weight is 315 g/mol. The molecule has 0 bridgehead atoms. The first-order valence-electron chi connectivity index (χ1n) is 6.39. The average Bonchev–Trinajstić information content (AvgIpc) is 3.05. The van der Waals surface area contributed by atoms with Crippen LogP contribution >= 0.6 is 27.5 Å². The molecule has 1 aromatic rings. The summed E-state index contributed by atoms with van der Waals surface area (Å²) in [6, 6.07) is 6.26. The Balaban J connectivity index is 1.84. The lowest BCUT2D eigenvalue weighted by Crippen LogP contribution is -2.44. The number of halogens is 2. The first-order chi connectivity index (χ1) is 8.20. The zero-order chi connectivity index (χ0) is 11.9. The van der Waals surface area contributed by atoms with Crippen molar-refractivity contribution in [1.82, 2.24) is 5.32 Å². The number of nitrogens with one attached hydrogen (secondary N) is 1. The van der Waals surface area contributed by atoms with E-state index in [1.807, 2.05) is 6.07 Å². The number of hydrogen-bond acceptors (Lipinski definition) is 1. The van der Waals surface area contributed by atoms with Crippen LogP contribution in [0.4, 0.5) is 0 Å². The van der Waals surface area contributed by atoms with Gasteiger partial charge in [-0.1, -0.05) is 33.6 Å². The van der Waals surface area contributed by atoms with Crippen LogP contribution in [0.2, 0.25) is 5.02 Å². The largest absolute Gasteiger partial charge is 0.311 e. The van der Waals surface area contributed by atoms with Gasteiger partial charge in [0.1, 0.15) is 0 Å². The van der Waals surface area contributed by atoms with Crippen molar-refractivity contribution in [3.05, 3.63) is 33.3 Å².